The van der Waals surface area contributed by atoms with Crippen molar-refractivity contribution in [3.63, 3.8) is 0 Å². The molecule has 2 N–H and O–H groups in total. The van der Waals surface area contributed by atoms with E-state index in [4.69, 9.17) is 0 Å². The van der Waals surface area contributed by atoms with Gasteiger partial charge in [0, 0.05) is 0 Å². The van der Waals surface area contributed by atoms with E-state index in [1.54, 1.807) is 0 Å². The van der Waals surface area contributed by atoms with Gasteiger partial charge < -0.3 is 10.2 Å². The molecule has 4 nitrogen and oxygen atoms in total. The molecule has 1 unspecified atom stereocenters. The Bertz CT molecular complexity index is 592. The van der Waals surface area contributed by atoms with Gasteiger partial charge in [0.2, 0.25) is 11.6 Å². The van der Waals surface area contributed by atoms with Gasteiger partial charge in [-0.3, -0.25) is 9.59 Å². The Balaban J connectivity index is 1.75. The predicted molar refractivity (Wildman–Crippen MR) is 84.3 cm³/mol. The zero-order valence-corrected chi connectivity index (χ0v) is 13.8. The van der Waals surface area contributed by atoms with Gasteiger partial charge in [0.15, 0.2) is 6.29 Å². The predicted octanol–water partition coefficient (Wildman–Crippen LogP) is 2.38. The molecule has 0 aliphatic heterocycles. The Morgan fingerprint density at radius 2 is 1.87 bits per heavy atom. The Morgan fingerprint density at radius 3 is 2.61 bits per heavy atom. The zero-order chi connectivity index (χ0) is 16.4. The topological polar surface area (TPSA) is 74.6 Å². The van der Waals surface area contributed by atoms with Crippen molar-refractivity contribution >= 4 is 11.6 Å². The molecular weight excluding hydrogens is 292 g/mol. The average molecular weight is 318 g/mol. The molecule has 4 aliphatic rings. The van der Waals surface area contributed by atoms with Gasteiger partial charge in [0.25, 0.3) is 0 Å². The van der Waals surface area contributed by atoms with Crippen molar-refractivity contribution in [2.24, 2.45) is 28.6 Å². The molecule has 3 fully saturated rings. The molecular formula is C19H26O4. The lowest BCUT2D eigenvalue weighted by Crippen LogP contribution is -2.54. The number of ketones is 2. The van der Waals surface area contributed by atoms with Gasteiger partial charge >= 0.3 is 0 Å². The SMILES string of the molecule is C[C@]12CCCCC1CC[C@H]1C3=CC(=O)C(=O)[C@@]3(C(O)O)CC[C@@H]12. The Kier molecular flexibility index (Phi) is 3.37. The van der Waals surface area contributed by atoms with Crippen LogP contribution in [-0.4, -0.2) is 28.1 Å². The quantitative estimate of drug-likeness (QED) is 0.575. The minimum atomic E-state index is -1.76. The molecule has 126 valence electrons. The van der Waals surface area contributed by atoms with E-state index >= 15 is 0 Å². The summed E-state index contributed by atoms with van der Waals surface area (Å²) in [5, 5.41) is 19.9. The summed E-state index contributed by atoms with van der Waals surface area (Å²) in [5.41, 5.74) is -0.316. The Labute approximate surface area is 137 Å². The highest BCUT2D eigenvalue weighted by molar-refractivity contribution is 6.47. The highest BCUT2D eigenvalue weighted by Gasteiger charge is 2.62. The van der Waals surface area contributed by atoms with Crippen LogP contribution < -0.4 is 0 Å². The maximum atomic E-state index is 12.4. The molecule has 3 saturated carbocycles. The number of Topliss-reactive ketones (excluding diaryl/α,β-unsaturated/α-hetero) is 1. The van der Waals surface area contributed by atoms with Crippen molar-refractivity contribution in [3.8, 4) is 0 Å². The summed E-state index contributed by atoms with van der Waals surface area (Å²) in [6.45, 7) is 2.40. The van der Waals surface area contributed by atoms with Crippen molar-refractivity contribution in [1.29, 1.82) is 0 Å². The van der Waals surface area contributed by atoms with E-state index in [-0.39, 0.29) is 11.3 Å². The summed E-state index contributed by atoms with van der Waals surface area (Å²) in [4.78, 5) is 24.5. The van der Waals surface area contributed by atoms with Gasteiger partial charge in [-0.15, -0.1) is 0 Å². The second kappa shape index (κ2) is 5.00. The number of hydrogen-bond donors (Lipinski definition) is 2. The van der Waals surface area contributed by atoms with Crippen LogP contribution >= 0.6 is 0 Å². The van der Waals surface area contributed by atoms with Crippen LogP contribution in [0.3, 0.4) is 0 Å². The minimum Gasteiger partial charge on any atom is -0.367 e. The third-order valence-electron chi connectivity index (χ3n) is 7.73. The minimum absolute atomic E-state index is 0.167. The van der Waals surface area contributed by atoms with E-state index in [0.29, 0.717) is 12.3 Å². The lowest BCUT2D eigenvalue weighted by Gasteiger charge is -2.58. The molecule has 0 spiro atoms. The van der Waals surface area contributed by atoms with Gasteiger partial charge in [-0.1, -0.05) is 19.8 Å². The van der Waals surface area contributed by atoms with Crippen molar-refractivity contribution in [1.82, 2.24) is 0 Å². The van der Waals surface area contributed by atoms with Crippen LogP contribution in [0, 0.1) is 28.6 Å². The molecule has 0 bridgehead atoms. The summed E-state index contributed by atoms with van der Waals surface area (Å²) in [7, 11) is 0. The molecule has 23 heavy (non-hydrogen) atoms. The summed E-state index contributed by atoms with van der Waals surface area (Å²) in [5.74, 6) is 0.248. The monoisotopic (exact) mass is 318 g/mol. The maximum Gasteiger partial charge on any atom is 0.222 e. The first-order valence-corrected chi connectivity index (χ1v) is 9.08. The third kappa shape index (κ3) is 1.85. The summed E-state index contributed by atoms with van der Waals surface area (Å²) >= 11 is 0. The lowest BCUT2D eigenvalue weighted by molar-refractivity contribution is -0.168. The molecule has 0 aromatic heterocycles. The van der Waals surface area contributed by atoms with Gasteiger partial charge in [0.1, 0.15) is 5.41 Å². The van der Waals surface area contributed by atoms with Gasteiger partial charge in [-0.25, -0.2) is 0 Å². The van der Waals surface area contributed by atoms with Crippen LogP contribution in [0.25, 0.3) is 0 Å². The first kappa shape index (κ1) is 15.5. The number of aliphatic hydroxyl groups excluding tert-OH is 1. The number of carbonyl (C=O) groups excluding carboxylic acids is 2. The highest BCUT2D eigenvalue weighted by atomic mass is 16.5. The van der Waals surface area contributed by atoms with Gasteiger partial charge in [-0.2, -0.15) is 0 Å². The molecule has 0 heterocycles. The van der Waals surface area contributed by atoms with Gasteiger partial charge in [0.05, 0.1) is 0 Å². The van der Waals surface area contributed by atoms with Gasteiger partial charge in [-0.05, 0) is 73.3 Å². The second-order valence-electron chi connectivity index (χ2n) is 8.42. The number of aliphatic hydroxyl groups is 2. The fourth-order valence-corrected chi connectivity index (χ4v) is 6.50. The van der Waals surface area contributed by atoms with Crippen molar-refractivity contribution < 1.29 is 19.8 Å². The fourth-order valence-electron chi connectivity index (χ4n) is 6.50. The third-order valence-corrected chi connectivity index (χ3v) is 7.73. The zero-order valence-electron chi connectivity index (χ0n) is 13.8. The fraction of sp³-hybridized carbons (Fsp3) is 0.789. The molecule has 0 amide bonds. The molecule has 5 atom stereocenters. The molecule has 0 saturated heterocycles. The molecule has 0 aromatic rings. The number of rotatable bonds is 1. The Morgan fingerprint density at radius 1 is 1.09 bits per heavy atom. The first-order chi connectivity index (χ1) is 10.9. The van der Waals surface area contributed by atoms with Crippen molar-refractivity contribution in [2.45, 2.75) is 64.6 Å². The molecule has 4 rings (SSSR count). The van der Waals surface area contributed by atoms with Crippen LogP contribution in [-0.2, 0) is 9.59 Å². The number of hydrogen-bond acceptors (Lipinski definition) is 4. The maximum absolute atomic E-state index is 12.4. The van der Waals surface area contributed by atoms with Crippen LogP contribution in [0.1, 0.15) is 58.3 Å². The van der Waals surface area contributed by atoms with E-state index in [1.165, 1.54) is 31.8 Å². The standard InChI is InChI=1S/C19H26O4/c1-18-8-3-2-4-11(18)5-6-12-13(18)7-9-19(17(22)23)14(12)10-15(20)16(19)21/h10-13,17,22-23H,2-9H2,1H3/t11?,12-,13+,18+,19-/m1/s1. The average Bonchev–Trinajstić information content (AvgIpc) is 2.79. The highest BCUT2D eigenvalue weighted by Crippen LogP contribution is 2.64. The van der Waals surface area contributed by atoms with Crippen LogP contribution in [0.5, 0.6) is 0 Å². The molecule has 0 aromatic carbocycles. The first-order valence-electron chi connectivity index (χ1n) is 9.08. The summed E-state index contributed by atoms with van der Waals surface area (Å²) in [6.07, 6.45) is 8.14. The van der Waals surface area contributed by atoms with Crippen LogP contribution in [0.2, 0.25) is 0 Å². The van der Waals surface area contributed by atoms with E-state index in [1.807, 2.05) is 0 Å². The Hall–Kier alpha value is -1.00. The van der Waals surface area contributed by atoms with Crippen LogP contribution in [0.15, 0.2) is 11.6 Å². The lowest BCUT2D eigenvalue weighted by atomic mass is 9.46. The van der Waals surface area contributed by atoms with Crippen LogP contribution in [0.4, 0.5) is 0 Å². The number of fused-ring (bicyclic) bond motifs is 5. The van der Waals surface area contributed by atoms with E-state index in [9.17, 15) is 19.8 Å². The largest absolute Gasteiger partial charge is 0.367 e. The normalized spacial score (nSPS) is 46.3. The van der Waals surface area contributed by atoms with Crippen molar-refractivity contribution in [3.05, 3.63) is 11.6 Å². The van der Waals surface area contributed by atoms with Crippen molar-refractivity contribution in [2.75, 3.05) is 0 Å². The van der Waals surface area contributed by atoms with E-state index in [2.05, 4.69) is 6.92 Å². The smallest absolute Gasteiger partial charge is 0.222 e. The van der Waals surface area contributed by atoms with E-state index in [0.717, 1.165) is 30.8 Å². The number of allylic oxidation sites excluding steroid dienone is 1. The molecule has 4 heteroatoms. The second-order valence-corrected chi connectivity index (χ2v) is 8.42. The summed E-state index contributed by atoms with van der Waals surface area (Å²) in [6, 6.07) is 0. The molecule has 4 aliphatic carbocycles. The summed E-state index contributed by atoms with van der Waals surface area (Å²) < 4.78 is 0. The number of carbonyl (C=O) groups is 2. The molecule has 0 radical (unpaired) electrons. The van der Waals surface area contributed by atoms with E-state index < -0.39 is 23.3 Å².